The van der Waals surface area contributed by atoms with Crippen LogP contribution in [0.3, 0.4) is 0 Å². The highest BCUT2D eigenvalue weighted by Gasteiger charge is 2.38. The summed E-state index contributed by atoms with van der Waals surface area (Å²) in [5.41, 5.74) is 6.26. The number of likely N-dealkylation sites (N-methyl/N-ethyl adjacent to an activating group) is 1. The summed E-state index contributed by atoms with van der Waals surface area (Å²) in [7, 11) is 1.56. The number of aromatic nitrogens is 1. The number of nitrogens with zero attached hydrogens (tertiary/aromatic N) is 2. The minimum absolute atomic E-state index is 0.188. The van der Waals surface area contributed by atoms with Gasteiger partial charge in [-0.15, -0.1) is 0 Å². The van der Waals surface area contributed by atoms with Crippen molar-refractivity contribution in [1.82, 2.24) is 15.2 Å². The van der Waals surface area contributed by atoms with Crippen molar-refractivity contribution in [3.63, 3.8) is 0 Å². The zero-order valence-corrected chi connectivity index (χ0v) is 12.3. The number of amides is 2. The standard InChI is InChI=1S/C16H18N4O2/c1-18-15(21)14-7-12(17)9-20(14)16(22)13-6-10-4-2-3-5-11(10)8-19-13/h2-6,8,12,14H,7,9,17H2,1H3,(H,18,21)/t12-,14-/m0/s1. The molecule has 1 aromatic carbocycles. The number of carbonyl (C=O) groups is 2. The Bertz CT molecular complexity index is 731. The summed E-state index contributed by atoms with van der Waals surface area (Å²) in [6.07, 6.45) is 2.15. The molecule has 0 saturated carbocycles. The minimum atomic E-state index is -0.527. The maximum Gasteiger partial charge on any atom is 0.273 e. The number of nitrogens with one attached hydrogen (secondary N) is 1. The van der Waals surface area contributed by atoms with Gasteiger partial charge in [0.1, 0.15) is 11.7 Å². The monoisotopic (exact) mass is 298 g/mol. The van der Waals surface area contributed by atoms with Crippen LogP contribution in [0.25, 0.3) is 10.8 Å². The molecule has 3 rings (SSSR count). The molecule has 114 valence electrons. The van der Waals surface area contributed by atoms with Crippen LogP contribution in [-0.2, 0) is 4.79 Å². The van der Waals surface area contributed by atoms with Crippen LogP contribution >= 0.6 is 0 Å². The fraction of sp³-hybridized carbons (Fsp3) is 0.312. The number of hydrogen-bond acceptors (Lipinski definition) is 4. The van der Waals surface area contributed by atoms with Crippen LogP contribution in [-0.4, -0.2) is 47.4 Å². The van der Waals surface area contributed by atoms with Crippen molar-refractivity contribution in [2.24, 2.45) is 5.73 Å². The van der Waals surface area contributed by atoms with E-state index < -0.39 is 6.04 Å². The molecule has 1 fully saturated rings. The van der Waals surface area contributed by atoms with Gasteiger partial charge in [-0.2, -0.15) is 0 Å². The number of carbonyl (C=O) groups excluding carboxylic acids is 2. The van der Waals surface area contributed by atoms with Crippen LogP contribution in [0.15, 0.2) is 36.5 Å². The van der Waals surface area contributed by atoms with Crippen molar-refractivity contribution in [2.75, 3.05) is 13.6 Å². The molecule has 0 bridgehead atoms. The molecule has 2 amide bonds. The third kappa shape index (κ3) is 2.53. The first-order valence-corrected chi connectivity index (χ1v) is 7.23. The summed E-state index contributed by atoms with van der Waals surface area (Å²) < 4.78 is 0. The first kappa shape index (κ1) is 14.5. The van der Waals surface area contributed by atoms with E-state index in [2.05, 4.69) is 10.3 Å². The van der Waals surface area contributed by atoms with E-state index in [0.29, 0.717) is 18.7 Å². The highest BCUT2D eigenvalue weighted by molar-refractivity contribution is 5.99. The van der Waals surface area contributed by atoms with Gasteiger partial charge in [0.15, 0.2) is 0 Å². The molecule has 0 radical (unpaired) electrons. The van der Waals surface area contributed by atoms with Crippen LogP contribution in [0.4, 0.5) is 0 Å². The molecular weight excluding hydrogens is 280 g/mol. The van der Waals surface area contributed by atoms with Gasteiger partial charge in [0.25, 0.3) is 5.91 Å². The first-order valence-electron chi connectivity index (χ1n) is 7.23. The molecular formula is C16H18N4O2. The van der Waals surface area contributed by atoms with E-state index in [4.69, 9.17) is 5.73 Å². The zero-order valence-electron chi connectivity index (χ0n) is 12.3. The Morgan fingerprint density at radius 2 is 2.05 bits per heavy atom. The predicted octanol–water partition coefficient (Wildman–Crippen LogP) is 0.523. The molecule has 6 heteroatoms. The van der Waals surface area contributed by atoms with Crippen LogP contribution in [0.2, 0.25) is 0 Å². The Balaban J connectivity index is 1.92. The van der Waals surface area contributed by atoms with Crippen LogP contribution in [0, 0.1) is 0 Å². The average molecular weight is 298 g/mol. The second-order valence-corrected chi connectivity index (χ2v) is 5.50. The summed E-state index contributed by atoms with van der Waals surface area (Å²) >= 11 is 0. The van der Waals surface area contributed by atoms with Crippen molar-refractivity contribution < 1.29 is 9.59 Å². The Labute approximate surface area is 128 Å². The number of benzene rings is 1. The molecule has 2 aromatic rings. The summed E-state index contributed by atoms with van der Waals surface area (Å²) in [6, 6.07) is 8.74. The largest absolute Gasteiger partial charge is 0.357 e. The normalized spacial score (nSPS) is 21.1. The van der Waals surface area contributed by atoms with E-state index >= 15 is 0 Å². The van der Waals surface area contributed by atoms with E-state index in [1.807, 2.05) is 24.3 Å². The van der Waals surface area contributed by atoms with E-state index in [1.165, 1.54) is 4.90 Å². The van der Waals surface area contributed by atoms with E-state index in [-0.39, 0.29) is 17.9 Å². The lowest BCUT2D eigenvalue weighted by molar-refractivity contribution is -0.124. The van der Waals surface area contributed by atoms with E-state index in [0.717, 1.165) is 10.8 Å². The van der Waals surface area contributed by atoms with Crippen molar-refractivity contribution >= 4 is 22.6 Å². The van der Waals surface area contributed by atoms with Gasteiger partial charge in [0, 0.05) is 31.2 Å². The van der Waals surface area contributed by atoms with E-state index in [1.54, 1.807) is 19.3 Å². The van der Waals surface area contributed by atoms with Gasteiger partial charge in [-0.25, -0.2) is 0 Å². The Hall–Kier alpha value is -2.47. The smallest absolute Gasteiger partial charge is 0.273 e. The predicted molar refractivity (Wildman–Crippen MR) is 83.2 cm³/mol. The second-order valence-electron chi connectivity index (χ2n) is 5.50. The Morgan fingerprint density at radius 1 is 1.32 bits per heavy atom. The first-order chi connectivity index (χ1) is 10.6. The number of fused-ring (bicyclic) bond motifs is 1. The summed E-state index contributed by atoms with van der Waals surface area (Å²) in [5.74, 6) is -0.450. The molecule has 22 heavy (non-hydrogen) atoms. The lowest BCUT2D eigenvalue weighted by atomic mass is 10.1. The van der Waals surface area contributed by atoms with Gasteiger partial charge < -0.3 is 16.0 Å². The second kappa shape index (κ2) is 5.73. The quantitative estimate of drug-likeness (QED) is 0.846. The number of likely N-dealkylation sites (tertiary alicyclic amines) is 1. The van der Waals surface area contributed by atoms with Gasteiger partial charge in [-0.1, -0.05) is 24.3 Å². The van der Waals surface area contributed by atoms with Crippen molar-refractivity contribution in [2.45, 2.75) is 18.5 Å². The topological polar surface area (TPSA) is 88.3 Å². The number of rotatable bonds is 2. The third-order valence-corrected chi connectivity index (χ3v) is 3.99. The van der Waals surface area contributed by atoms with Gasteiger partial charge in [-0.3, -0.25) is 14.6 Å². The summed E-state index contributed by atoms with van der Waals surface area (Å²) in [5, 5.41) is 4.50. The number of pyridine rings is 1. The average Bonchev–Trinajstić information content (AvgIpc) is 2.94. The fourth-order valence-corrected chi connectivity index (χ4v) is 2.86. The molecule has 2 atom stereocenters. The van der Waals surface area contributed by atoms with Gasteiger partial charge in [0.2, 0.25) is 5.91 Å². The molecule has 1 aliphatic heterocycles. The molecule has 1 saturated heterocycles. The maximum absolute atomic E-state index is 12.7. The fourth-order valence-electron chi connectivity index (χ4n) is 2.86. The molecule has 1 aliphatic rings. The number of hydrogen-bond donors (Lipinski definition) is 2. The SMILES string of the molecule is CNC(=O)[C@@H]1C[C@H](N)CN1C(=O)c1cc2ccccc2cn1. The lowest BCUT2D eigenvalue weighted by Crippen LogP contribution is -2.45. The van der Waals surface area contributed by atoms with Crippen LogP contribution < -0.4 is 11.1 Å². The third-order valence-electron chi connectivity index (χ3n) is 3.99. The molecule has 1 aromatic heterocycles. The summed E-state index contributed by atoms with van der Waals surface area (Å²) in [4.78, 5) is 30.4. The zero-order chi connectivity index (χ0) is 15.7. The van der Waals surface area contributed by atoms with Gasteiger partial charge >= 0.3 is 0 Å². The minimum Gasteiger partial charge on any atom is -0.357 e. The highest BCUT2D eigenvalue weighted by atomic mass is 16.2. The van der Waals surface area contributed by atoms with E-state index in [9.17, 15) is 9.59 Å². The van der Waals surface area contributed by atoms with Crippen LogP contribution in [0.5, 0.6) is 0 Å². The molecule has 0 unspecified atom stereocenters. The van der Waals surface area contributed by atoms with Gasteiger partial charge in [-0.05, 0) is 17.9 Å². The highest BCUT2D eigenvalue weighted by Crippen LogP contribution is 2.21. The Kier molecular flexibility index (Phi) is 3.77. The maximum atomic E-state index is 12.7. The molecule has 0 aliphatic carbocycles. The number of nitrogens with two attached hydrogens (primary N) is 1. The van der Waals surface area contributed by atoms with Crippen molar-refractivity contribution in [3.8, 4) is 0 Å². The molecule has 6 nitrogen and oxygen atoms in total. The molecule has 0 spiro atoms. The van der Waals surface area contributed by atoms with Crippen molar-refractivity contribution in [3.05, 3.63) is 42.2 Å². The lowest BCUT2D eigenvalue weighted by Gasteiger charge is -2.22. The molecule has 2 heterocycles. The Morgan fingerprint density at radius 3 is 2.77 bits per heavy atom. The summed E-state index contributed by atoms with van der Waals surface area (Å²) in [6.45, 7) is 0.366. The van der Waals surface area contributed by atoms with Crippen LogP contribution in [0.1, 0.15) is 16.9 Å². The van der Waals surface area contributed by atoms with Gasteiger partial charge in [0.05, 0.1) is 0 Å². The molecule has 3 N–H and O–H groups in total. The van der Waals surface area contributed by atoms with Crippen molar-refractivity contribution in [1.29, 1.82) is 0 Å².